The van der Waals surface area contributed by atoms with Gasteiger partial charge >= 0.3 is 5.97 Å². The molecule has 1 unspecified atom stereocenters. The largest absolute Gasteiger partial charge is 0.467 e. The van der Waals surface area contributed by atoms with Crippen LogP contribution in [0.3, 0.4) is 0 Å². The summed E-state index contributed by atoms with van der Waals surface area (Å²) in [7, 11) is 5.12. The lowest BCUT2D eigenvalue weighted by Crippen LogP contribution is -2.37. The van der Waals surface area contributed by atoms with Gasteiger partial charge in [-0.1, -0.05) is 12.1 Å². The van der Waals surface area contributed by atoms with E-state index in [1.54, 1.807) is 0 Å². The van der Waals surface area contributed by atoms with Crippen LogP contribution >= 0.6 is 0 Å². The fraction of sp³-hybridized carbons (Fsp3) is 0.467. The standard InChI is InChI=1S/C15H22N2O4/c1-17(2)12-7-4-11(5-8-12)6-9-14(19)16-10-13(18)15(20)21-3/h4-5,7-8,13,18H,6,9-10H2,1-3H3,(H,16,19). The van der Waals surface area contributed by atoms with Gasteiger partial charge in [0.2, 0.25) is 5.91 Å². The van der Waals surface area contributed by atoms with E-state index in [1.807, 2.05) is 43.3 Å². The normalized spacial score (nSPS) is 11.6. The molecule has 0 aliphatic rings. The van der Waals surface area contributed by atoms with Gasteiger partial charge in [-0.2, -0.15) is 0 Å². The molecule has 21 heavy (non-hydrogen) atoms. The van der Waals surface area contributed by atoms with Gasteiger partial charge in [-0.05, 0) is 24.1 Å². The van der Waals surface area contributed by atoms with E-state index in [9.17, 15) is 14.7 Å². The van der Waals surface area contributed by atoms with Crippen molar-refractivity contribution < 1.29 is 19.4 Å². The Kier molecular flexibility index (Phi) is 6.68. The fourth-order valence-electron chi connectivity index (χ4n) is 1.74. The monoisotopic (exact) mass is 294 g/mol. The summed E-state index contributed by atoms with van der Waals surface area (Å²) >= 11 is 0. The zero-order chi connectivity index (χ0) is 15.8. The van der Waals surface area contributed by atoms with Crippen LogP contribution in [0, 0.1) is 0 Å². The van der Waals surface area contributed by atoms with E-state index in [-0.39, 0.29) is 12.5 Å². The molecule has 1 amide bonds. The first-order valence-corrected chi connectivity index (χ1v) is 6.73. The molecular weight excluding hydrogens is 272 g/mol. The summed E-state index contributed by atoms with van der Waals surface area (Å²) in [6.45, 7) is -0.134. The summed E-state index contributed by atoms with van der Waals surface area (Å²) in [4.78, 5) is 24.6. The molecule has 6 heteroatoms. The smallest absolute Gasteiger partial charge is 0.336 e. The minimum atomic E-state index is -1.32. The number of aliphatic hydroxyl groups excluding tert-OH is 1. The Hall–Kier alpha value is -2.08. The third-order valence-electron chi connectivity index (χ3n) is 3.06. The van der Waals surface area contributed by atoms with Gasteiger partial charge in [0.1, 0.15) is 0 Å². The lowest BCUT2D eigenvalue weighted by molar-refractivity contribution is -0.150. The highest BCUT2D eigenvalue weighted by molar-refractivity contribution is 5.78. The van der Waals surface area contributed by atoms with Crippen LogP contribution < -0.4 is 10.2 Å². The molecule has 116 valence electrons. The van der Waals surface area contributed by atoms with Crippen LogP contribution in [0.15, 0.2) is 24.3 Å². The number of nitrogens with zero attached hydrogens (tertiary/aromatic N) is 1. The molecule has 1 atom stereocenters. The van der Waals surface area contributed by atoms with E-state index in [4.69, 9.17) is 0 Å². The fourth-order valence-corrected chi connectivity index (χ4v) is 1.74. The molecule has 0 spiro atoms. The number of esters is 1. The molecule has 0 fully saturated rings. The second-order valence-corrected chi connectivity index (χ2v) is 4.90. The van der Waals surface area contributed by atoms with Crippen LogP contribution in [0.25, 0.3) is 0 Å². The van der Waals surface area contributed by atoms with E-state index < -0.39 is 12.1 Å². The molecule has 0 aromatic heterocycles. The molecule has 2 N–H and O–H groups in total. The molecule has 0 saturated heterocycles. The minimum absolute atomic E-state index is 0.134. The first-order valence-electron chi connectivity index (χ1n) is 6.73. The molecule has 0 aliphatic heterocycles. The van der Waals surface area contributed by atoms with E-state index in [0.717, 1.165) is 11.3 Å². The lowest BCUT2D eigenvalue weighted by Gasteiger charge is -2.13. The number of aryl methyl sites for hydroxylation is 1. The summed E-state index contributed by atoms with van der Waals surface area (Å²) in [6.07, 6.45) is -0.415. The highest BCUT2D eigenvalue weighted by atomic mass is 16.5. The number of carbonyl (C=O) groups is 2. The second kappa shape index (κ2) is 8.26. The Labute approximate surface area is 124 Å². The van der Waals surface area contributed by atoms with Crippen LogP contribution in [0.4, 0.5) is 5.69 Å². The first-order chi connectivity index (χ1) is 9.93. The topological polar surface area (TPSA) is 78.9 Å². The zero-order valence-corrected chi connectivity index (χ0v) is 12.6. The van der Waals surface area contributed by atoms with Gasteiger partial charge in [-0.15, -0.1) is 0 Å². The Balaban J connectivity index is 2.34. The number of methoxy groups -OCH3 is 1. The molecule has 1 aromatic rings. The van der Waals surface area contributed by atoms with Gasteiger partial charge in [0.15, 0.2) is 6.10 Å². The number of carbonyl (C=O) groups excluding carboxylic acids is 2. The van der Waals surface area contributed by atoms with Crippen molar-refractivity contribution >= 4 is 17.6 Å². The minimum Gasteiger partial charge on any atom is -0.467 e. The average Bonchev–Trinajstić information content (AvgIpc) is 2.49. The third kappa shape index (κ3) is 5.83. The summed E-state index contributed by atoms with van der Waals surface area (Å²) in [5.41, 5.74) is 2.16. The van der Waals surface area contributed by atoms with Crippen molar-refractivity contribution in [1.29, 1.82) is 0 Å². The van der Waals surface area contributed by atoms with Crippen molar-refractivity contribution in [2.75, 3.05) is 32.6 Å². The second-order valence-electron chi connectivity index (χ2n) is 4.90. The van der Waals surface area contributed by atoms with Gasteiger partial charge in [0, 0.05) is 26.2 Å². The number of amides is 1. The number of benzene rings is 1. The van der Waals surface area contributed by atoms with Crippen LogP contribution in [-0.2, 0) is 20.7 Å². The average molecular weight is 294 g/mol. The number of hydrogen-bond donors (Lipinski definition) is 2. The molecule has 1 aromatic carbocycles. The van der Waals surface area contributed by atoms with Crippen molar-refractivity contribution in [3.05, 3.63) is 29.8 Å². The molecule has 6 nitrogen and oxygen atoms in total. The van der Waals surface area contributed by atoms with Crippen LogP contribution in [0.2, 0.25) is 0 Å². The van der Waals surface area contributed by atoms with E-state index in [1.165, 1.54) is 7.11 Å². The van der Waals surface area contributed by atoms with Gasteiger partial charge in [-0.3, -0.25) is 4.79 Å². The van der Waals surface area contributed by atoms with Crippen LogP contribution in [0.5, 0.6) is 0 Å². The number of nitrogens with one attached hydrogen (secondary N) is 1. The van der Waals surface area contributed by atoms with E-state index in [0.29, 0.717) is 12.8 Å². The molecule has 1 rings (SSSR count). The number of aliphatic hydroxyl groups is 1. The molecular formula is C15H22N2O4. The third-order valence-corrected chi connectivity index (χ3v) is 3.06. The SMILES string of the molecule is COC(=O)C(O)CNC(=O)CCc1ccc(N(C)C)cc1. The van der Waals surface area contributed by atoms with Crippen molar-refractivity contribution in [2.45, 2.75) is 18.9 Å². The highest BCUT2D eigenvalue weighted by Crippen LogP contribution is 2.13. The summed E-state index contributed by atoms with van der Waals surface area (Å²) in [5, 5.41) is 11.8. The Morgan fingerprint density at radius 1 is 1.29 bits per heavy atom. The predicted octanol–water partition coefficient (Wildman–Crippen LogP) is 0.335. The molecule has 0 bridgehead atoms. The van der Waals surface area contributed by atoms with Crippen LogP contribution in [-0.4, -0.2) is 50.8 Å². The molecule has 0 heterocycles. The number of hydrogen-bond acceptors (Lipinski definition) is 5. The zero-order valence-electron chi connectivity index (χ0n) is 12.6. The van der Waals surface area contributed by atoms with Gasteiger partial charge in [-0.25, -0.2) is 4.79 Å². The number of anilines is 1. The van der Waals surface area contributed by atoms with Crippen molar-refractivity contribution in [3.8, 4) is 0 Å². The van der Waals surface area contributed by atoms with Crippen LogP contribution in [0.1, 0.15) is 12.0 Å². The van der Waals surface area contributed by atoms with Crippen molar-refractivity contribution in [3.63, 3.8) is 0 Å². The Bertz CT molecular complexity index is 471. The number of ether oxygens (including phenoxy) is 1. The molecule has 0 saturated carbocycles. The first kappa shape index (κ1) is 17.0. The maximum Gasteiger partial charge on any atom is 0.336 e. The Morgan fingerprint density at radius 3 is 2.43 bits per heavy atom. The van der Waals surface area contributed by atoms with Crippen molar-refractivity contribution in [2.24, 2.45) is 0 Å². The summed E-state index contributed by atoms with van der Waals surface area (Å²) in [5.74, 6) is -0.968. The lowest BCUT2D eigenvalue weighted by atomic mass is 10.1. The molecule has 0 radical (unpaired) electrons. The molecule has 0 aliphatic carbocycles. The van der Waals surface area contributed by atoms with Gasteiger partial charge in [0.25, 0.3) is 0 Å². The maximum absolute atomic E-state index is 11.6. The Morgan fingerprint density at radius 2 is 1.90 bits per heavy atom. The van der Waals surface area contributed by atoms with Gasteiger partial charge < -0.3 is 20.1 Å². The summed E-state index contributed by atoms with van der Waals surface area (Å²) in [6, 6.07) is 7.94. The van der Waals surface area contributed by atoms with Crippen molar-refractivity contribution in [1.82, 2.24) is 5.32 Å². The quantitative estimate of drug-likeness (QED) is 0.709. The summed E-state index contributed by atoms with van der Waals surface area (Å²) < 4.78 is 4.36. The maximum atomic E-state index is 11.6. The number of rotatable bonds is 7. The van der Waals surface area contributed by atoms with E-state index >= 15 is 0 Å². The van der Waals surface area contributed by atoms with Gasteiger partial charge in [0.05, 0.1) is 13.7 Å². The predicted molar refractivity (Wildman–Crippen MR) is 80.1 cm³/mol. The highest BCUT2D eigenvalue weighted by Gasteiger charge is 2.15. The van der Waals surface area contributed by atoms with E-state index in [2.05, 4.69) is 10.1 Å².